The standard InChI is InChI=1S/C9H8N2O2.C5H6N2O.CH4/c1-5-4-6-2-3-7(12)10-8(6)11-9(5)13;1-4-2-3-5(8)7-6-4;/h2-4H,1H3,(H2,10,11,12,13);2-3H,1H3,(H,7,8);1H4. The van der Waals surface area contributed by atoms with Gasteiger partial charge in [0.2, 0.25) is 5.56 Å². The molecule has 0 aromatic carbocycles. The lowest BCUT2D eigenvalue weighted by molar-refractivity contribution is 0.946. The van der Waals surface area contributed by atoms with E-state index in [2.05, 4.69) is 20.2 Å². The van der Waals surface area contributed by atoms with E-state index in [1.807, 2.05) is 6.92 Å². The Balaban J connectivity index is 0.000000234. The summed E-state index contributed by atoms with van der Waals surface area (Å²) < 4.78 is 0. The van der Waals surface area contributed by atoms with Crippen LogP contribution < -0.4 is 16.7 Å². The molecule has 0 aliphatic carbocycles. The summed E-state index contributed by atoms with van der Waals surface area (Å²) >= 11 is 0. The Kier molecular flexibility index (Phi) is 5.57. The van der Waals surface area contributed by atoms with Crippen molar-refractivity contribution in [2.24, 2.45) is 0 Å². The molecular formula is C15H18N4O3. The van der Waals surface area contributed by atoms with Gasteiger partial charge in [-0.3, -0.25) is 14.4 Å². The Bertz CT molecular complexity index is 917. The van der Waals surface area contributed by atoms with Crippen LogP contribution >= 0.6 is 0 Å². The predicted octanol–water partition coefficient (Wildman–Crippen LogP) is 1.24. The van der Waals surface area contributed by atoms with Crippen LogP contribution in [-0.4, -0.2) is 20.2 Å². The topological polar surface area (TPSA) is 111 Å². The summed E-state index contributed by atoms with van der Waals surface area (Å²) in [7, 11) is 0. The van der Waals surface area contributed by atoms with E-state index >= 15 is 0 Å². The van der Waals surface area contributed by atoms with Crippen molar-refractivity contribution >= 4 is 11.0 Å². The van der Waals surface area contributed by atoms with Crippen molar-refractivity contribution in [1.29, 1.82) is 0 Å². The van der Waals surface area contributed by atoms with E-state index in [0.717, 1.165) is 11.1 Å². The molecule has 3 rings (SSSR count). The van der Waals surface area contributed by atoms with Gasteiger partial charge in [-0.2, -0.15) is 5.10 Å². The first-order valence-electron chi connectivity index (χ1n) is 6.21. The van der Waals surface area contributed by atoms with Crippen LogP contribution in [0.1, 0.15) is 18.7 Å². The van der Waals surface area contributed by atoms with Crippen LogP contribution in [-0.2, 0) is 0 Å². The number of hydrogen-bond acceptors (Lipinski definition) is 4. The van der Waals surface area contributed by atoms with E-state index in [-0.39, 0.29) is 24.1 Å². The minimum absolute atomic E-state index is 0. The van der Waals surface area contributed by atoms with Gasteiger partial charge in [-0.25, -0.2) is 5.10 Å². The van der Waals surface area contributed by atoms with Crippen molar-refractivity contribution < 1.29 is 0 Å². The minimum Gasteiger partial charge on any atom is -0.308 e. The summed E-state index contributed by atoms with van der Waals surface area (Å²) in [5.74, 6) is 0. The lowest BCUT2D eigenvalue weighted by atomic mass is 10.2. The van der Waals surface area contributed by atoms with Gasteiger partial charge in [-0.15, -0.1) is 0 Å². The predicted molar refractivity (Wildman–Crippen MR) is 86.3 cm³/mol. The van der Waals surface area contributed by atoms with Gasteiger partial charge in [0.1, 0.15) is 5.65 Å². The van der Waals surface area contributed by atoms with Gasteiger partial charge in [0.25, 0.3) is 11.1 Å². The Labute approximate surface area is 126 Å². The quantitative estimate of drug-likeness (QED) is 0.580. The van der Waals surface area contributed by atoms with Gasteiger partial charge < -0.3 is 9.97 Å². The fraction of sp³-hybridized carbons (Fsp3) is 0.200. The zero-order valence-electron chi connectivity index (χ0n) is 11.6. The van der Waals surface area contributed by atoms with E-state index in [1.165, 1.54) is 12.1 Å². The molecule has 0 unspecified atom stereocenters. The number of nitrogens with zero attached hydrogens (tertiary/aromatic N) is 1. The summed E-state index contributed by atoms with van der Waals surface area (Å²) in [6.07, 6.45) is 0. The molecule has 0 saturated carbocycles. The molecule has 0 bridgehead atoms. The highest BCUT2D eigenvalue weighted by atomic mass is 16.1. The lowest BCUT2D eigenvalue weighted by Gasteiger charge is -1.97. The number of H-pyrrole nitrogens is 3. The molecular weight excluding hydrogens is 284 g/mol. The molecule has 0 spiro atoms. The summed E-state index contributed by atoms with van der Waals surface area (Å²) in [6, 6.07) is 7.96. The third-order valence-corrected chi connectivity index (χ3v) is 2.74. The number of pyridine rings is 2. The second kappa shape index (κ2) is 7.16. The molecule has 7 nitrogen and oxygen atoms in total. The molecule has 0 radical (unpaired) electrons. The molecule has 0 fully saturated rings. The summed E-state index contributed by atoms with van der Waals surface area (Å²) in [5, 5.41) is 6.77. The Morgan fingerprint density at radius 2 is 1.59 bits per heavy atom. The average Bonchev–Trinajstić information content (AvgIpc) is 2.45. The van der Waals surface area contributed by atoms with Crippen molar-refractivity contribution in [3.8, 4) is 0 Å². The van der Waals surface area contributed by atoms with Gasteiger partial charge in [0.05, 0.1) is 5.69 Å². The summed E-state index contributed by atoms with van der Waals surface area (Å²) in [5.41, 5.74) is 1.39. The highest BCUT2D eigenvalue weighted by Crippen LogP contribution is 2.04. The second-order valence-electron chi connectivity index (χ2n) is 4.50. The van der Waals surface area contributed by atoms with Gasteiger partial charge in [-0.05, 0) is 32.0 Å². The van der Waals surface area contributed by atoms with Crippen LogP contribution in [0.4, 0.5) is 0 Å². The fourth-order valence-corrected chi connectivity index (χ4v) is 1.63. The van der Waals surface area contributed by atoms with Crippen LogP contribution in [0.3, 0.4) is 0 Å². The van der Waals surface area contributed by atoms with Crippen LogP contribution in [0.5, 0.6) is 0 Å². The van der Waals surface area contributed by atoms with Crippen molar-refractivity contribution in [2.75, 3.05) is 0 Å². The van der Waals surface area contributed by atoms with E-state index < -0.39 is 0 Å². The largest absolute Gasteiger partial charge is 0.308 e. The third-order valence-electron chi connectivity index (χ3n) is 2.74. The fourth-order valence-electron chi connectivity index (χ4n) is 1.63. The monoisotopic (exact) mass is 302 g/mol. The van der Waals surface area contributed by atoms with Crippen LogP contribution in [0, 0.1) is 13.8 Å². The van der Waals surface area contributed by atoms with E-state index in [4.69, 9.17) is 0 Å². The Morgan fingerprint density at radius 1 is 0.909 bits per heavy atom. The normalized spacial score (nSPS) is 9.55. The smallest absolute Gasteiger partial charge is 0.264 e. The van der Waals surface area contributed by atoms with E-state index in [1.54, 1.807) is 25.1 Å². The molecule has 7 heteroatoms. The van der Waals surface area contributed by atoms with E-state index in [0.29, 0.717) is 11.2 Å². The Morgan fingerprint density at radius 3 is 2.18 bits per heavy atom. The van der Waals surface area contributed by atoms with Gasteiger partial charge in [0.15, 0.2) is 0 Å². The molecule has 0 amide bonds. The molecule has 0 atom stereocenters. The number of hydrogen-bond donors (Lipinski definition) is 3. The van der Waals surface area contributed by atoms with Crippen LogP contribution in [0.15, 0.2) is 44.7 Å². The minimum atomic E-state index is -0.216. The van der Waals surface area contributed by atoms with Crippen LogP contribution in [0.2, 0.25) is 0 Å². The summed E-state index contributed by atoms with van der Waals surface area (Å²) in [4.78, 5) is 37.5. The van der Waals surface area contributed by atoms with Crippen molar-refractivity contribution in [3.63, 3.8) is 0 Å². The first-order chi connectivity index (χ1) is 9.95. The molecule has 0 saturated heterocycles. The SMILES string of the molecule is C.Cc1cc2ccc(=O)[nH]c2[nH]c1=O.Cc1ccc(=O)[nH]n1. The number of aromatic amines is 3. The highest BCUT2D eigenvalue weighted by Gasteiger charge is 1.97. The van der Waals surface area contributed by atoms with Gasteiger partial charge in [0, 0.05) is 23.1 Å². The van der Waals surface area contributed by atoms with Crippen LogP contribution in [0.25, 0.3) is 11.0 Å². The van der Waals surface area contributed by atoms with Crippen molar-refractivity contribution in [1.82, 2.24) is 20.2 Å². The maximum Gasteiger partial charge on any atom is 0.264 e. The zero-order valence-corrected chi connectivity index (χ0v) is 11.6. The number of fused-ring (bicyclic) bond motifs is 1. The third kappa shape index (κ3) is 4.27. The molecule has 3 heterocycles. The van der Waals surface area contributed by atoms with Gasteiger partial charge in [-0.1, -0.05) is 7.43 Å². The van der Waals surface area contributed by atoms with Crippen molar-refractivity contribution in [3.05, 3.63) is 72.7 Å². The zero-order chi connectivity index (χ0) is 15.4. The van der Waals surface area contributed by atoms with E-state index in [9.17, 15) is 14.4 Å². The molecule has 22 heavy (non-hydrogen) atoms. The molecule has 0 aliphatic heterocycles. The lowest BCUT2D eigenvalue weighted by Crippen LogP contribution is -2.12. The molecule has 3 aromatic rings. The Hall–Kier alpha value is -2.96. The molecule has 3 aromatic heterocycles. The van der Waals surface area contributed by atoms with Gasteiger partial charge >= 0.3 is 0 Å². The molecule has 3 N–H and O–H groups in total. The first-order valence-corrected chi connectivity index (χ1v) is 6.21. The number of aromatic nitrogens is 4. The average molecular weight is 302 g/mol. The van der Waals surface area contributed by atoms with Crippen molar-refractivity contribution in [2.45, 2.75) is 21.3 Å². The highest BCUT2D eigenvalue weighted by molar-refractivity contribution is 5.74. The first kappa shape index (κ1) is 17.1. The maximum absolute atomic E-state index is 11.2. The molecule has 116 valence electrons. The maximum atomic E-state index is 11.2. The molecule has 0 aliphatic rings. The number of nitrogens with one attached hydrogen (secondary N) is 3. The second-order valence-corrected chi connectivity index (χ2v) is 4.50. The number of rotatable bonds is 0. The number of aryl methyl sites for hydroxylation is 2. The summed E-state index contributed by atoms with van der Waals surface area (Å²) in [6.45, 7) is 3.54.